The van der Waals surface area contributed by atoms with Crippen molar-refractivity contribution in [3.05, 3.63) is 45.7 Å². The molecule has 0 saturated heterocycles. The Labute approximate surface area is 117 Å². The molecule has 1 heterocycles. The summed E-state index contributed by atoms with van der Waals surface area (Å²) in [7, 11) is 1.90. The predicted molar refractivity (Wildman–Crippen MR) is 76.4 cm³/mol. The van der Waals surface area contributed by atoms with E-state index < -0.39 is 0 Å². The highest BCUT2D eigenvalue weighted by molar-refractivity contribution is 6.33. The summed E-state index contributed by atoms with van der Waals surface area (Å²) < 4.78 is 1.78. The van der Waals surface area contributed by atoms with Gasteiger partial charge in [0.15, 0.2) is 0 Å². The molecule has 0 saturated carbocycles. The Bertz CT molecular complexity index is 563. The fourth-order valence-electron chi connectivity index (χ4n) is 1.90. The minimum Gasteiger partial charge on any atom is -0.376 e. The molecule has 2 aromatic rings. The van der Waals surface area contributed by atoms with Crippen LogP contribution in [0.15, 0.2) is 24.4 Å². The maximum Gasteiger partial charge on any atom is 0.0825 e. The number of nitrogens with zero attached hydrogens (tertiary/aromatic N) is 2. The van der Waals surface area contributed by atoms with Gasteiger partial charge in [0.1, 0.15) is 0 Å². The van der Waals surface area contributed by atoms with Gasteiger partial charge < -0.3 is 5.32 Å². The van der Waals surface area contributed by atoms with Gasteiger partial charge in [0.2, 0.25) is 0 Å². The number of hydrogen-bond donors (Lipinski definition) is 1. The molecule has 0 amide bonds. The zero-order chi connectivity index (χ0) is 13.3. The summed E-state index contributed by atoms with van der Waals surface area (Å²) in [4.78, 5) is 0. The number of rotatable bonds is 3. The van der Waals surface area contributed by atoms with E-state index >= 15 is 0 Å². The van der Waals surface area contributed by atoms with Crippen molar-refractivity contribution in [2.24, 2.45) is 7.05 Å². The van der Waals surface area contributed by atoms with Crippen LogP contribution >= 0.6 is 23.2 Å². The van der Waals surface area contributed by atoms with Gasteiger partial charge in [-0.3, -0.25) is 4.68 Å². The molecule has 0 radical (unpaired) electrons. The van der Waals surface area contributed by atoms with Crippen molar-refractivity contribution >= 4 is 28.9 Å². The van der Waals surface area contributed by atoms with Crippen LogP contribution in [0, 0.1) is 6.92 Å². The molecule has 2 rings (SSSR count). The molecule has 1 N–H and O–H groups in total. The smallest absolute Gasteiger partial charge is 0.0825 e. The van der Waals surface area contributed by atoms with Gasteiger partial charge >= 0.3 is 0 Å². The molecule has 0 bridgehead atoms. The van der Waals surface area contributed by atoms with E-state index in [-0.39, 0.29) is 6.04 Å². The van der Waals surface area contributed by atoms with Gasteiger partial charge in [0.25, 0.3) is 0 Å². The summed E-state index contributed by atoms with van der Waals surface area (Å²) in [5.74, 6) is 0. The van der Waals surface area contributed by atoms with Crippen molar-refractivity contribution in [2.75, 3.05) is 5.32 Å². The summed E-state index contributed by atoms with van der Waals surface area (Å²) in [5, 5.41) is 9.08. The van der Waals surface area contributed by atoms with Crippen LogP contribution < -0.4 is 5.32 Å². The summed E-state index contributed by atoms with van der Waals surface area (Å²) in [6.07, 6.45) is 1.95. The number of anilines is 1. The SMILES string of the molecule is Cc1nn(C)cc1NC(C)c1cc(Cl)ccc1Cl. The van der Waals surface area contributed by atoms with Crippen molar-refractivity contribution < 1.29 is 0 Å². The highest BCUT2D eigenvalue weighted by Gasteiger charge is 2.12. The summed E-state index contributed by atoms with van der Waals surface area (Å²) in [5.41, 5.74) is 2.94. The average Bonchev–Trinajstić information content (AvgIpc) is 2.61. The van der Waals surface area contributed by atoms with Crippen LogP contribution in [0.25, 0.3) is 0 Å². The molecule has 96 valence electrons. The van der Waals surface area contributed by atoms with Crippen LogP contribution in [-0.4, -0.2) is 9.78 Å². The number of nitrogens with one attached hydrogen (secondary N) is 1. The minimum atomic E-state index is 0.0686. The molecule has 18 heavy (non-hydrogen) atoms. The highest BCUT2D eigenvalue weighted by atomic mass is 35.5. The van der Waals surface area contributed by atoms with Crippen LogP contribution in [0.5, 0.6) is 0 Å². The van der Waals surface area contributed by atoms with Crippen molar-refractivity contribution in [3.63, 3.8) is 0 Å². The molecule has 0 aliphatic heterocycles. The third-order valence-corrected chi connectivity index (χ3v) is 3.39. The molecule has 0 fully saturated rings. The lowest BCUT2D eigenvalue weighted by molar-refractivity contribution is 0.756. The first-order chi connectivity index (χ1) is 8.47. The van der Waals surface area contributed by atoms with Crippen molar-refractivity contribution in [2.45, 2.75) is 19.9 Å². The normalized spacial score (nSPS) is 12.5. The monoisotopic (exact) mass is 283 g/mol. The second kappa shape index (κ2) is 5.21. The molecule has 5 heteroatoms. The van der Waals surface area contributed by atoms with E-state index in [0.717, 1.165) is 16.9 Å². The Kier molecular flexibility index (Phi) is 3.83. The molecule has 0 aliphatic rings. The molecular weight excluding hydrogens is 269 g/mol. The van der Waals surface area contributed by atoms with Crippen molar-refractivity contribution in [1.82, 2.24) is 9.78 Å². The topological polar surface area (TPSA) is 29.9 Å². The highest BCUT2D eigenvalue weighted by Crippen LogP contribution is 2.29. The first kappa shape index (κ1) is 13.2. The fraction of sp³-hybridized carbons (Fsp3) is 0.308. The van der Waals surface area contributed by atoms with E-state index in [1.165, 1.54) is 0 Å². The first-order valence-corrected chi connectivity index (χ1v) is 6.44. The van der Waals surface area contributed by atoms with Gasteiger partial charge in [-0.1, -0.05) is 23.2 Å². The van der Waals surface area contributed by atoms with Gasteiger partial charge in [-0.25, -0.2) is 0 Å². The second-order valence-electron chi connectivity index (χ2n) is 4.33. The second-order valence-corrected chi connectivity index (χ2v) is 5.18. The maximum absolute atomic E-state index is 6.18. The Morgan fingerprint density at radius 3 is 2.67 bits per heavy atom. The van der Waals surface area contributed by atoms with Gasteiger partial charge in [-0.05, 0) is 37.6 Å². The predicted octanol–water partition coefficient (Wildman–Crippen LogP) is 4.21. The van der Waals surface area contributed by atoms with Crippen LogP contribution in [0.2, 0.25) is 10.0 Å². The first-order valence-electron chi connectivity index (χ1n) is 5.69. The lowest BCUT2D eigenvalue weighted by atomic mass is 10.1. The Hall–Kier alpha value is -1.19. The number of aryl methyl sites for hydroxylation is 2. The van der Waals surface area contributed by atoms with Crippen LogP contribution in [0.3, 0.4) is 0 Å². The van der Waals surface area contributed by atoms with E-state index in [2.05, 4.69) is 10.4 Å². The summed E-state index contributed by atoms with van der Waals surface area (Å²) >= 11 is 12.2. The van der Waals surface area contributed by atoms with Gasteiger partial charge in [-0.2, -0.15) is 5.10 Å². The van der Waals surface area contributed by atoms with Crippen LogP contribution in [0.1, 0.15) is 24.2 Å². The molecule has 1 aromatic heterocycles. The number of hydrogen-bond acceptors (Lipinski definition) is 2. The summed E-state index contributed by atoms with van der Waals surface area (Å²) in [6, 6.07) is 5.55. The maximum atomic E-state index is 6.18. The zero-order valence-electron chi connectivity index (χ0n) is 10.5. The number of halogens is 2. The third-order valence-electron chi connectivity index (χ3n) is 2.81. The van der Waals surface area contributed by atoms with Gasteiger partial charge in [-0.15, -0.1) is 0 Å². The quantitative estimate of drug-likeness (QED) is 0.915. The van der Waals surface area contributed by atoms with E-state index in [4.69, 9.17) is 23.2 Å². The van der Waals surface area contributed by atoms with Crippen LogP contribution in [0.4, 0.5) is 5.69 Å². The molecule has 0 spiro atoms. The Balaban J connectivity index is 2.24. The van der Waals surface area contributed by atoms with E-state index in [0.29, 0.717) is 10.0 Å². The van der Waals surface area contributed by atoms with Gasteiger partial charge in [0.05, 0.1) is 17.4 Å². The molecule has 1 atom stereocenters. The molecule has 0 aliphatic carbocycles. The molecule has 1 unspecified atom stereocenters. The molecular formula is C13H15Cl2N3. The Morgan fingerprint density at radius 1 is 1.33 bits per heavy atom. The third kappa shape index (κ3) is 2.79. The van der Waals surface area contributed by atoms with Crippen molar-refractivity contribution in [3.8, 4) is 0 Å². The fourth-order valence-corrected chi connectivity index (χ4v) is 2.36. The van der Waals surface area contributed by atoms with E-state index in [1.807, 2.05) is 39.2 Å². The molecule has 1 aromatic carbocycles. The van der Waals surface area contributed by atoms with E-state index in [1.54, 1.807) is 10.7 Å². The molecule has 3 nitrogen and oxygen atoms in total. The Morgan fingerprint density at radius 2 is 2.06 bits per heavy atom. The largest absolute Gasteiger partial charge is 0.376 e. The van der Waals surface area contributed by atoms with E-state index in [9.17, 15) is 0 Å². The zero-order valence-corrected chi connectivity index (χ0v) is 12.0. The number of aromatic nitrogens is 2. The summed E-state index contributed by atoms with van der Waals surface area (Å²) in [6.45, 7) is 4.01. The number of benzene rings is 1. The van der Waals surface area contributed by atoms with Crippen LogP contribution in [-0.2, 0) is 7.05 Å². The van der Waals surface area contributed by atoms with Crippen molar-refractivity contribution in [1.29, 1.82) is 0 Å². The standard InChI is InChI=1S/C13H15Cl2N3/c1-8(11-6-10(14)4-5-12(11)15)16-13-7-18(3)17-9(13)2/h4-8,16H,1-3H3. The lowest BCUT2D eigenvalue weighted by Gasteiger charge is -2.16. The average molecular weight is 284 g/mol. The van der Waals surface area contributed by atoms with Gasteiger partial charge in [0, 0.05) is 23.3 Å². The lowest BCUT2D eigenvalue weighted by Crippen LogP contribution is -2.07. The minimum absolute atomic E-state index is 0.0686.